The summed E-state index contributed by atoms with van der Waals surface area (Å²) >= 11 is 0. The number of piperidine rings is 3. The van der Waals surface area contributed by atoms with E-state index in [0.717, 1.165) is 25.0 Å². The number of rotatable bonds is 3. The average Bonchev–Trinajstić information content (AvgIpc) is 2.28. The number of nitrogens with zero attached hydrogens (tertiary/aromatic N) is 2. The Hall–Kier alpha value is -0.610. The van der Waals surface area contributed by atoms with Gasteiger partial charge in [-0.3, -0.25) is 9.69 Å². The first-order valence-corrected chi connectivity index (χ1v) is 6.84. The highest BCUT2D eigenvalue weighted by Crippen LogP contribution is 2.35. The van der Waals surface area contributed by atoms with E-state index in [-0.39, 0.29) is 5.92 Å². The van der Waals surface area contributed by atoms with E-state index in [0.29, 0.717) is 5.92 Å². The number of hydrogen-bond acceptors (Lipinski definition) is 3. The van der Waals surface area contributed by atoms with Gasteiger partial charge in [-0.15, -0.1) is 0 Å². The molecule has 0 aliphatic carbocycles. The fourth-order valence-electron chi connectivity index (χ4n) is 3.69. The minimum Gasteiger partial charge on any atom is -0.481 e. The van der Waals surface area contributed by atoms with Crippen LogP contribution < -0.4 is 0 Å². The summed E-state index contributed by atoms with van der Waals surface area (Å²) in [5.74, 6) is 0.444. The maximum Gasteiger partial charge on any atom is 0.306 e. The lowest BCUT2D eigenvalue weighted by Gasteiger charge is -2.54. The summed E-state index contributed by atoms with van der Waals surface area (Å²) in [4.78, 5) is 16.0. The van der Waals surface area contributed by atoms with Crippen molar-refractivity contribution in [2.45, 2.75) is 25.8 Å². The summed E-state index contributed by atoms with van der Waals surface area (Å²) in [5, 5.41) is 8.99. The van der Waals surface area contributed by atoms with Gasteiger partial charge in [-0.1, -0.05) is 6.92 Å². The Morgan fingerprint density at radius 3 is 2.35 bits per heavy atom. The summed E-state index contributed by atoms with van der Waals surface area (Å²) in [6, 6.07) is 0.717. The zero-order chi connectivity index (χ0) is 12.0. The van der Waals surface area contributed by atoms with E-state index in [1.165, 1.54) is 32.5 Å². The lowest BCUT2D eigenvalue weighted by molar-refractivity contribution is -0.147. The first kappa shape index (κ1) is 11.5. The lowest BCUT2D eigenvalue weighted by Crippen LogP contribution is -2.64. The van der Waals surface area contributed by atoms with Gasteiger partial charge in [-0.2, -0.15) is 0 Å². The summed E-state index contributed by atoms with van der Waals surface area (Å²) < 4.78 is 0. The minimum atomic E-state index is -0.636. The number of likely N-dealkylation sites (tertiary alicyclic amines) is 1. The number of carbonyl (C=O) groups is 1. The zero-order valence-corrected chi connectivity index (χ0v) is 10.5. The van der Waals surface area contributed by atoms with Crippen LogP contribution in [0.4, 0.5) is 0 Å². The first-order chi connectivity index (χ1) is 8.15. The molecule has 4 heteroatoms. The molecule has 0 saturated carbocycles. The molecule has 0 radical (unpaired) electrons. The summed E-state index contributed by atoms with van der Waals surface area (Å²) in [7, 11) is 0. The lowest BCUT2D eigenvalue weighted by atomic mass is 9.78. The van der Waals surface area contributed by atoms with Crippen LogP contribution in [-0.2, 0) is 4.79 Å². The van der Waals surface area contributed by atoms with Crippen molar-refractivity contribution in [1.82, 2.24) is 9.80 Å². The molecule has 2 atom stereocenters. The third-order valence-electron chi connectivity index (χ3n) is 5.13. The smallest absolute Gasteiger partial charge is 0.306 e. The molecule has 17 heavy (non-hydrogen) atoms. The molecule has 4 nitrogen and oxygen atoms in total. The number of carboxylic acids is 1. The molecule has 0 aromatic rings. The maximum absolute atomic E-state index is 10.9. The highest BCUT2D eigenvalue weighted by molar-refractivity contribution is 5.70. The highest BCUT2D eigenvalue weighted by atomic mass is 16.4. The second-order valence-electron chi connectivity index (χ2n) is 6.05. The van der Waals surface area contributed by atoms with Crippen LogP contribution in [-0.4, -0.2) is 59.6 Å². The Bertz CT molecular complexity index is 307. The standard InChI is InChI=1S/C13H22N2O2/c1-9(13(16)17)11-6-15(7-11)12-8-14-4-2-10(12)3-5-14/h9-12H,2-8H2,1H3,(H,16,17). The van der Waals surface area contributed by atoms with Gasteiger partial charge in [0, 0.05) is 25.7 Å². The van der Waals surface area contributed by atoms with Gasteiger partial charge in [-0.05, 0) is 37.8 Å². The summed E-state index contributed by atoms with van der Waals surface area (Å²) in [6.07, 6.45) is 2.70. The molecule has 2 unspecified atom stereocenters. The van der Waals surface area contributed by atoms with Crippen LogP contribution in [0.15, 0.2) is 0 Å². The van der Waals surface area contributed by atoms with Crippen molar-refractivity contribution < 1.29 is 9.90 Å². The molecule has 4 aliphatic rings. The highest BCUT2D eigenvalue weighted by Gasteiger charge is 2.44. The van der Waals surface area contributed by atoms with Crippen LogP contribution in [0.25, 0.3) is 0 Å². The Balaban J connectivity index is 1.54. The van der Waals surface area contributed by atoms with Crippen molar-refractivity contribution >= 4 is 5.97 Å². The topological polar surface area (TPSA) is 43.8 Å². The maximum atomic E-state index is 10.9. The average molecular weight is 238 g/mol. The van der Waals surface area contributed by atoms with Crippen LogP contribution in [0.3, 0.4) is 0 Å². The van der Waals surface area contributed by atoms with Crippen molar-refractivity contribution in [2.75, 3.05) is 32.7 Å². The van der Waals surface area contributed by atoms with Gasteiger partial charge in [0.2, 0.25) is 0 Å². The molecule has 2 bridgehead atoms. The molecule has 4 aliphatic heterocycles. The Labute approximate surface area is 103 Å². The SMILES string of the molecule is CC(C(=O)O)C1CN(C2CN3CCC2CC3)C1. The van der Waals surface area contributed by atoms with Crippen LogP contribution >= 0.6 is 0 Å². The van der Waals surface area contributed by atoms with Crippen molar-refractivity contribution in [2.24, 2.45) is 17.8 Å². The number of hydrogen-bond donors (Lipinski definition) is 1. The van der Waals surface area contributed by atoms with Crippen LogP contribution in [0.1, 0.15) is 19.8 Å². The molecular formula is C13H22N2O2. The predicted octanol–water partition coefficient (Wildman–Crippen LogP) is 0.733. The normalized spacial score (nSPS) is 39.9. The van der Waals surface area contributed by atoms with Gasteiger partial charge >= 0.3 is 5.97 Å². The number of fused-ring (bicyclic) bond motifs is 3. The van der Waals surface area contributed by atoms with E-state index in [4.69, 9.17) is 5.11 Å². The van der Waals surface area contributed by atoms with Gasteiger partial charge in [0.05, 0.1) is 5.92 Å². The van der Waals surface area contributed by atoms with Gasteiger partial charge < -0.3 is 10.0 Å². The van der Waals surface area contributed by atoms with Crippen LogP contribution in [0.2, 0.25) is 0 Å². The molecule has 0 amide bonds. The molecule has 1 N–H and O–H groups in total. The number of carboxylic acid groups (broad SMARTS) is 1. The monoisotopic (exact) mass is 238 g/mol. The third-order valence-corrected chi connectivity index (χ3v) is 5.13. The number of aliphatic carboxylic acids is 1. The predicted molar refractivity (Wildman–Crippen MR) is 64.8 cm³/mol. The fourth-order valence-corrected chi connectivity index (χ4v) is 3.69. The summed E-state index contributed by atoms with van der Waals surface area (Å²) in [6.45, 7) is 7.64. The van der Waals surface area contributed by atoms with Gasteiger partial charge in [-0.25, -0.2) is 0 Å². The molecule has 96 valence electrons. The van der Waals surface area contributed by atoms with E-state index in [9.17, 15) is 4.79 Å². The van der Waals surface area contributed by atoms with Crippen molar-refractivity contribution in [3.8, 4) is 0 Å². The van der Waals surface area contributed by atoms with Gasteiger partial charge in [0.1, 0.15) is 0 Å². The van der Waals surface area contributed by atoms with Gasteiger partial charge in [0.25, 0.3) is 0 Å². The molecule has 4 rings (SSSR count). The van der Waals surface area contributed by atoms with Crippen molar-refractivity contribution in [3.63, 3.8) is 0 Å². The fraction of sp³-hybridized carbons (Fsp3) is 0.923. The largest absolute Gasteiger partial charge is 0.481 e. The van der Waals surface area contributed by atoms with Crippen molar-refractivity contribution in [3.05, 3.63) is 0 Å². The Morgan fingerprint density at radius 1 is 1.24 bits per heavy atom. The minimum absolute atomic E-state index is 0.174. The van der Waals surface area contributed by atoms with Crippen molar-refractivity contribution in [1.29, 1.82) is 0 Å². The van der Waals surface area contributed by atoms with Crippen LogP contribution in [0, 0.1) is 17.8 Å². The van der Waals surface area contributed by atoms with E-state index < -0.39 is 5.97 Å². The van der Waals surface area contributed by atoms with Crippen LogP contribution in [0.5, 0.6) is 0 Å². The zero-order valence-electron chi connectivity index (χ0n) is 10.5. The summed E-state index contributed by atoms with van der Waals surface area (Å²) in [5.41, 5.74) is 0. The molecule has 4 saturated heterocycles. The Morgan fingerprint density at radius 2 is 1.88 bits per heavy atom. The molecule has 0 spiro atoms. The Kier molecular flexibility index (Phi) is 2.87. The molecular weight excluding hydrogens is 216 g/mol. The van der Waals surface area contributed by atoms with E-state index in [1.54, 1.807) is 0 Å². The van der Waals surface area contributed by atoms with E-state index in [1.807, 2.05) is 6.92 Å². The molecule has 4 heterocycles. The molecule has 0 aromatic carbocycles. The molecule has 0 aromatic heterocycles. The second-order valence-corrected chi connectivity index (χ2v) is 6.05. The third kappa shape index (κ3) is 1.97. The van der Waals surface area contributed by atoms with E-state index >= 15 is 0 Å². The molecule has 4 fully saturated rings. The second kappa shape index (κ2) is 4.25. The van der Waals surface area contributed by atoms with E-state index in [2.05, 4.69) is 9.80 Å². The first-order valence-electron chi connectivity index (χ1n) is 6.84. The quantitative estimate of drug-likeness (QED) is 0.787. The van der Waals surface area contributed by atoms with Gasteiger partial charge in [0.15, 0.2) is 0 Å².